The second-order valence-corrected chi connectivity index (χ2v) is 3.33. The monoisotopic (exact) mass is 187 g/mol. The molecule has 76 valence electrons. The van der Waals surface area contributed by atoms with Gasteiger partial charge in [0.25, 0.3) is 0 Å². The van der Waals surface area contributed by atoms with E-state index in [9.17, 15) is 4.79 Å². The first-order valence-corrected chi connectivity index (χ1v) is 4.78. The van der Waals surface area contributed by atoms with Crippen molar-refractivity contribution in [3.63, 3.8) is 0 Å². The zero-order valence-electron chi connectivity index (χ0n) is 7.79. The van der Waals surface area contributed by atoms with Gasteiger partial charge < -0.3 is 15.2 Å². The molecule has 4 heteroatoms. The minimum Gasteiger partial charge on any atom is -0.396 e. The lowest BCUT2D eigenvalue weighted by Crippen LogP contribution is -2.32. The van der Waals surface area contributed by atoms with Crippen LogP contribution >= 0.6 is 0 Å². The average Bonchev–Trinajstić information content (AvgIpc) is 2.17. The molecule has 1 rings (SSSR count). The van der Waals surface area contributed by atoms with Crippen molar-refractivity contribution in [2.75, 3.05) is 26.4 Å². The number of hydrogen-bond acceptors (Lipinski definition) is 3. The first-order valence-electron chi connectivity index (χ1n) is 4.78. The molecule has 4 nitrogen and oxygen atoms in total. The van der Waals surface area contributed by atoms with Crippen LogP contribution in [0.2, 0.25) is 0 Å². The second-order valence-electron chi connectivity index (χ2n) is 3.33. The maximum Gasteiger partial charge on any atom is 0.222 e. The number of aliphatic hydroxyl groups is 1. The summed E-state index contributed by atoms with van der Waals surface area (Å²) in [5, 5.41) is 11.3. The Labute approximate surface area is 78.3 Å². The van der Waals surface area contributed by atoms with Crippen LogP contribution in [0.4, 0.5) is 0 Å². The summed E-state index contributed by atoms with van der Waals surface area (Å²) in [5.41, 5.74) is 0. The Bertz CT molecular complexity index is 155. The van der Waals surface area contributed by atoms with Gasteiger partial charge in [0.15, 0.2) is 0 Å². The third-order valence-electron chi connectivity index (χ3n) is 2.27. The number of hydrogen-bond donors (Lipinski definition) is 2. The lowest BCUT2D eigenvalue weighted by atomic mass is 10.0. The van der Waals surface area contributed by atoms with Gasteiger partial charge in [-0.15, -0.1) is 0 Å². The van der Waals surface area contributed by atoms with Crippen molar-refractivity contribution in [2.45, 2.75) is 19.3 Å². The van der Waals surface area contributed by atoms with Gasteiger partial charge >= 0.3 is 0 Å². The third kappa shape index (κ3) is 4.24. The lowest BCUT2D eigenvalue weighted by Gasteiger charge is -2.21. The Kier molecular flexibility index (Phi) is 4.78. The highest BCUT2D eigenvalue weighted by Crippen LogP contribution is 2.12. The highest BCUT2D eigenvalue weighted by molar-refractivity contribution is 5.75. The van der Waals surface area contributed by atoms with Gasteiger partial charge in [0.1, 0.15) is 0 Å². The van der Waals surface area contributed by atoms with Crippen molar-refractivity contribution in [3.8, 4) is 0 Å². The SMILES string of the molecule is O=C(CCO)NCC1CCOCC1. The average molecular weight is 187 g/mol. The molecular weight excluding hydrogens is 170 g/mol. The van der Waals surface area contributed by atoms with E-state index in [-0.39, 0.29) is 18.9 Å². The van der Waals surface area contributed by atoms with Crippen LogP contribution in [0.25, 0.3) is 0 Å². The van der Waals surface area contributed by atoms with Crippen molar-refractivity contribution in [1.82, 2.24) is 5.32 Å². The maximum absolute atomic E-state index is 11.0. The molecule has 2 N–H and O–H groups in total. The van der Waals surface area contributed by atoms with Gasteiger partial charge in [-0.25, -0.2) is 0 Å². The van der Waals surface area contributed by atoms with Gasteiger partial charge in [0.2, 0.25) is 5.91 Å². The van der Waals surface area contributed by atoms with Crippen molar-refractivity contribution in [1.29, 1.82) is 0 Å². The molecule has 0 bridgehead atoms. The Morgan fingerprint density at radius 1 is 1.46 bits per heavy atom. The molecule has 1 aliphatic rings. The summed E-state index contributed by atoms with van der Waals surface area (Å²) in [6.45, 7) is 2.27. The van der Waals surface area contributed by atoms with E-state index in [2.05, 4.69) is 5.32 Å². The number of carbonyl (C=O) groups is 1. The predicted octanol–water partition coefficient (Wildman–Crippen LogP) is -0.0884. The van der Waals surface area contributed by atoms with E-state index >= 15 is 0 Å². The highest BCUT2D eigenvalue weighted by Gasteiger charge is 2.14. The zero-order valence-corrected chi connectivity index (χ0v) is 7.79. The van der Waals surface area contributed by atoms with Crippen LogP contribution in [0.15, 0.2) is 0 Å². The number of ether oxygens (including phenoxy) is 1. The number of carbonyl (C=O) groups excluding carboxylic acids is 1. The molecule has 0 radical (unpaired) electrons. The Morgan fingerprint density at radius 3 is 2.77 bits per heavy atom. The second kappa shape index (κ2) is 5.94. The van der Waals surface area contributed by atoms with Crippen LogP contribution in [0.3, 0.4) is 0 Å². The van der Waals surface area contributed by atoms with Gasteiger partial charge in [-0.1, -0.05) is 0 Å². The largest absolute Gasteiger partial charge is 0.396 e. The molecular formula is C9H17NO3. The van der Waals surface area contributed by atoms with Crippen LogP contribution < -0.4 is 5.32 Å². The molecule has 13 heavy (non-hydrogen) atoms. The van der Waals surface area contributed by atoms with E-state index < -0.39 is 0 Å². The first-order chi connectivity index (χ1) is 6.33. The smallest absolute Gasteiger partial charge is 0.222 e. The molecule has 0 spiro atoms. The molecule has 0 unspecified atom stereocenters. The number of nitrogens with one attached hydrogen (secondary N) is 1. The van der Waals surface area contributed by atoms with Crippen molar-refractivity contribution in [2.24, 2.45) is 5.92 Å². The van der Waals surface area contributed by atoms with E-state index in [1.54, 1.807) is 0 Å². The van der Waals surface area contributed by atoms with Crippen LogP contribution in [0.5, 0.6) is 0 Å². The summed E-state index contributed by atoms with van der Waals surface area (Å²) < 4.78 is 5.20. The van der Waals surface area contributed by atoms with Crippen molar-refractivity contribution < 1.29 is 14.6 Å². The third-order valence-corrected chi connectivity index (χ3v) is 2.27. The molecule has 0 saturated carbocycles. The molecule has 0 aliphatic carbocycles. The molecule has 0 aromatic carbocycles. The van der Waals surface area contributed by atoms with Crippen LogP contribution in [0, 0.1) is 5.92 Å². The summed E-state index contributed by atoms with van der Waals surface area (Å²) >= 11 is 0. The molecule has 1 fully saturated rings. The highest BCUT2D eigenvalue weighted by atomic mass is 16.5. The van der Waals surface area contributed by atoms with Gasteiger partial charge in [-0.2, -0.15) is 0 Å². The topological polar surface area (TPSA) is 58.6 Å². The van der Waals surface area contributed by atoms with E-state index in [1.807, 2.05) is 0 Å². The molecule has 1 heterocycles. The van der Waals surface area contributed by atoms with Crippen LogP contribution in [-0.4, -0.2) is 37.4 Å². The summed E-state index contributed by atoms with van der Waals surface area (Å²) in [7, 11) is 0. The fraction of sp³-hybridized carbons (Fsp3) is 0.889. The Balaban J connectivity index is 2.06. The number of rotatable bonds is 4. The Hall–Kier alpha value is -0.610. The minimum absolute atomic E-state index is 0.0611. The van der Waals surface area contributed by atoms with Crippen LogP contribution in [0.1, 0.15) is 19.3 Å². The number of amides is 1. The molecule has 1 aliphatic heterocycles. The first kappa shape index (κ1) is 10.5. The van der Waals surface area contributed by atoms with Gasteiger partial charge in [-0.05, 0) is 18.8 Å². The summed E-state index contributed by atoms with van der Waals surface area (Å²) in [6, 6.07) is 0. The zero-order chi connectivity index (χ0) is 9.52. The van der Waals surface area contributed by atoms with Gasteiger partial charge in [0.05, 0.1) is 6.61 Å². The quantitative estimate of drug-likeness (QED) is 0.646. The number of aliphatic hydroxyl groups excluding tert-OH is 1. The molecule has 1 saturated heterocycles. The van der Waals surface area contributed by atoms with E-state index in [1.165, 1.54) is 0 Å². The van der Waals surface area contributed by atoms with E-state index in [0.717, 1.165) is 32.6 Å². The minimum atomic E-state index is -0.0698. The molecule has 0 aromatic heterocycles. The van der Waals surface area contributed by atoms with E-state index in [4.69, 9.17) is 9.84 Å². The molecule has 1 amide bonds. The van der Waals surface area contributed by atoms with Gasteiger partial charge in [-0.3, -0.25) is 4.79 Å². The van der Waals surface area contributed by atoms with Crippen LogP contribution in [-0.2, 0) is 9.53 Å². The standard InChI is InChI=1S/C9H17NO3/c11-4-1-9(12)10-7-8-2-5-13-6-3-8/h8,11H,1-7H2,(H,10,12). The maximum atomic E-state index is 11.0. The normalized spacial score (nSPS) is 18.5. The van der Waals surface area contributed by atoms with Crippen molar-refractivity contribution in [3.05, 3.63) is 0 Å². The Morgan fingerprint density at radius 2 is 2.15 bits per heavy atom. The fourth-order valence-electron chi connectivity index (χ4n) is 1.40. The summed E-state index contributed by atoms with van der Waals surface area (Å²) in [4.78, 5) is 11.0. The van der Waals surface area contributed by atoms with E-state index in [0.29, 0.717) is 5.92 Å². The summed E-state index contributed by atoms with van der Waals surface area (Å²) in [5.74, 6) is 0.491. The fourth-order valence-corrected chi connectivity index (χ4v) is 1.40. The lowest BCUT2D eigenvalue weighted by molar-refractivity contribution is -0.122. The molecule has 0 atom stereocenters. The molecule has 0 aromatic rings. The summed E-state index contributed by atoms with van der Waals surface area (Å²) in [6.07, 6.45) is 2.27. The predicted molar refractivity (Wildman–Crippen MR) is 48.3 cm³/mol. The van der Waals surface area contributed by atoms with Crippen molar-refractivity contribution >= 4 is 5.91 Å². The van der Waals surface area contributed by atoms with Gasteiger partial charge in [0, 0.05) is 26.2 Å².